The van der Waals surface area contributed by atoms with E-state index < -0.39 is 0 Å². The Bertz CT molecular complexity index is 394. The number of nitrogens with one attached hydrogen (secondary N) is 1. The van der Waals surface area contributed by atoms with Gasteiger partial charge < -0.3 is 4.90 Å². The van der Waals surface area contributed by atoms with Gasteiger partial charge in [-0.15, -0.1) is 0 Å². The molecule has 3 aliphatic rings. The molecule has 0 spiro atoms. The molecule has 3 nitrogen and oxygen atoms in total. The lowest BCUT2D eigenvalue weighted by Crippen LogP contribution is -2.54. The van der Waals surface area contributed by atoms with Crippen molar-refractivity contribution < 1.29 is 4.79 Å². The molecule has 1 heterocycles. The van der Waals surface area contributed by atoms with Crippen LogP contribution in [0.3, 0.4) is 0 Å². The van der Waals surface area contributed by atoms with Crippen LogP contribution in [0.15, 0.2) is 0 Å². The van der Waals surface area contributed by atoms with Crippen LogP contribution in [-0.2, 0) is 4.79 Å². The zero-order valence-corrected chi connectivity index (χ0v) is 14.2. The number of nitrogens with zero attached hydrogens (tertiary/aromatic N) is 1. The summed E-state index contributed by atoms with van der Waals surface area (Å²) in [5.74, 6) is 2.33. The van der Waals surface area contributed by atoms with Crippen molar-refractivity contribution in [1.29, 1.82) is 0 Å². The van der Waals surface area contributed by atoms with E-state index in [1.165, 1.54) is 38.5 Å². The third-order valence-corrected chi connectivity index (χ3v) is 5.94. The van der Waals surface area contributed by atoms with E-state index in [4.69, 9.17) is 0 Å². The lowest BCUT2D eigenvalue weighted by atomic mass is 9.92. The van der Waals surface area contributed by atoms with Crippen LogP contribution in [0.4, 0.5) is 0 Å². The Morgan fingerprint density at radius 1 is 1.19 bits per heavy atom. The molecule has 0 aromatic heterocycles. The molecule has 1 N–H and O–H groups in total. The zero-order chi connectivity index (χ0) is 15.2. The Balaban J connectivity index is 1.82. The Hall–Kier alpha value is -0.570. The first kappa shape index (κ1) is 15.3. The van der Waals surface area contributed by atoms with Crippen LogP contribution in [0.5, 0.6) is 0 Å². The Morgan fingerprint density at radius 2 is 1.81 bits per heavy atom. The van der Waals surface area contributed by atoms with Crippen LogP contribution in [0.1, 0.15) is 72.6 Å². The van der Waals surface area contributed by atoms with Crippen molar-refractivity contribution in [3.63, 3.8) is 0 Å². The third-order valence-electron chi connectivity index (χ3n) is 5.94. The van der Waals surface area contributed by atoms with E-state index in [0.29, 0.717) is 29.8 Å². The summed E-state index contributed by atoms with van der Waals surface area (Å²) < 4.78 is 0. The van der Waals surface area contributed by atoms with Gasteiger partial charge in [0.25, 0.3) is 0 Å². The summed E-state index contributed by atoms with van der Waals surface area (Å²) in [6.45, 7) is 9.02. The zero-order valence-electron chi connectivity index (χ0n) is 14.2. The van der Waals surface area contributed by atoms with Crippen LogP contribution >= 0.6 is 0 Å². The molecule has 1 saturated heterocycles. The quantitative estimate of drug-likeness (QED) is 0.840. The fourth-order valence-electron chi connectivity index (χ4n) is 4.55. The standard InChI is InChI=1S/C18H32N2O/c1-12(2)11-15-17(21)20(18(3,4)14-9-10-14)16(19-15)13-7-5-6-8-13/h12-16,19H,5-11H2,1-4H3. The number of carbonyl (C=O) groups excluding carboxylic acids is 1. The fraction of sp³-hybridized carbons (Fsp3) is 0.944. The highest BCUT2D eigenvalue weighted by Gasteiger charge is 2.53. The van der Waals surface area contributed by atoms with Crippen molar-refractivity contribution in [1.82, 2.24) is 10.2 Å². The van der Waals surface area contributed by atoms with E-state index in [1.807, 2.05) is 0 Å². The highest BCUT2D eigenvalue weighted by Crippen LogP contribution is 2.46. The summed E-state index contributed by atoms with van der Waals surface area (Å²) in [4.78, 5) is 15.3. The van der Waals surface area contributed by atoms with Crippen molar-refractivity contribution in [2.45, 2.75) is 90.4 Å². The normalized spacial score (nSPS) is 31.7. The van der Waals surface area contributed by atoms with Gasteiger partial charge in [-0.25, -0.2) is 0 Å². The third kappa shape index (κ3) is 2.86. The minimum absolute atomic E-state index is 0.0308. The minimum Gasteiger partial charge on any atom is -0.320 e. The molecule has 0 bridgehead atoms. The van der Waals surface area contributed by atoms with Gasteiger partial charge in [-0.05, 0) is 63.7 Å². The lowest BCUT2D eigenvalue weighted by Gasteiger charge is -2.42. The van der Waals surface area contributed by atoms with Crippen LogP contribution in [0, 0.1) is 17.8 Å². The second kappa shape index (κ2) is 5.57. The monoisotopic (exact) mass is 292 g/mol. The maximum atomic E-state index is 13.1. The van der Waals surface area contributed by atoms with Gasteiger partial charge in [-0.3, -0.25) is 10.1 Å². The molecular weight excluding hydrogens is 260 g/mol. The van der Waals surface area contributed by atoms with E-state index in [2.05, 4.69) is 37.9 Å². The van der Waals surface area contributed by atoms with Crippen molar-refractivity contribution in [3.05, 3.63) is 0 Å². The van der Waals surface area contributed by atoms with Gasteiger partial charge >= 0.3 is 0 Å². The Morgan fingerprint density at radius 3 is 2.33 bits per heavy atom. The van der Waals surface area contributed by atoms with Crippen molar-refractivity contribution in [2.75, 3.05) is 0 Å². The summed E-state index contributed by atoms with van der Waals surface area (Å²) in [6, 6.07) is 0.0497. The summed E-state index contributed by atoms with van der Waals surface area (Å²) in [7, 11) is 0. The highest BCUT2D eigenvalue weighted by atomic mass is 16.2. The molecule has 120 valence electrons. The van der Waals surface area contributed by atoms with Gasteiger partial charge in [0.1, 0.15) is 0 Å². The van der Waals surface area contributed by atoms with Crippen LogP contribution in [0.25, 0.3) is 0 Å². The number of rotatable bonds is 5. The Kier molecular flexibility index (Phi) is 4.06. The van der Waals surface area contributed by atoms with E-state index in [9.17, 15) is 4.79 Å². The number of hydrogen-bond donors (Lipinski definition) is 1. The summed E-state index contributed by atoms with van der Waals surface area (Å²) in [5, 5.41) is 3.73. The molecule has 3 rings (SSSR count). The molecule has 2 aliphatic carbocycles. The van der Waals surface area contributed by atoms with Crippen LogP contribution in [-0.4, -0.2) is 28.6 Å². The fourth-order valence-corrected chi connectivity index (χ4v) is 4.55. The van der Waals surface area contributed by atoms with Crippen molar-refractivity contribution in [3.8, 4) is 0 Å². The highest BCUT2D eigenvalue weighted by molar-refractivity contribution is 5.85. The molecule has 0 aromatic carbocycles. The summed E-state index contributed by atoms with van der Waals surface area (Å²) >= 11 is 0. The number of hydrogen-bond acceptors (Lipinski definition) is 2. The van der Waals surface area contributed by atoms with Crippen LogP contribution < -0.4 is 5.32 Å². The average Bonchev–Trinajstić information content (AvgIpc) is 3.03. The van der Waals surface area contributed by atoms with Crippen LogP contribution in [0.2, 0.25) is 0 Å². The SMILES string of the molecule is CC(C)CC1NC(C2CCCC2)N(C(C)(C)C2CC2)C1=O. The number of carbonyl (C=O) groups is 1. The Labute approximate surface area is 129 Å². The molecule has 21 heavy (non-hydrogen) atoms. The smallest absolute Gasteiger partial charge is 0.241 e. The molecule has 0 aromatic rings. The molecule has 0 radical (unpaired) electrons. The second-order valence-electron chi connectivity index (χ2n) is 8.47. The van der Waals surface area contributed by atoms with Gasteiger partial charge in [-0.2, -0.15) is 0 Å². The number of amides is 1. The van der Waals surface area contributed by atoms with Gasteiger partial charge in [0.2, 0.25) is 5.91 Å². The summed E-state index contributed by atoms with van der Waals surface area (Å²) in [6.07, 6.45) is 9.10. The van der Waals surface area contributed by atoms with E-state index in [1.54, 1.807) is 0 Å². The van der Waals surface area contributed by atoms with Crippen molar-refractivity contribution in [2.24, 2.45) is 17.8 Å². The van der Waals surface area contributed by atoms with E-state index in [0.717, 1.165) is 6.42 Å². The lowest BCUT2D eigenvalue weighted by molar-refractivity contribution is -0.137. The first-order valence-corrected chi connectivity index (χ1v) is 9.00. The topological polar surface area (TPSA) is 32.3 Å². The molecule has 2 atom stereocenters. The average molecular weight is 292 g/mol. The second-order valence-corrected chi connectivity index (χ2v) is 8.47. The maximum absolute atomic E-state index is 13.1. The predicted octanol–water partition coefficient (Wildman–Crippen LogP) is 3.54. The molecule has 1 aliphatic heterocycles. The molecule has 2 saturated carbocycles. The van der Waals surface area contributed by atoms with Crippen molar-refractivity contribution >= 4 is 5.91 Å². The molecule has 3 fully saturated rings. The van der Waals surface area contributed by atoms with Gasteiger partial charge in [0.05, 0.1) is 12.2 Å². The van der Waals surface area contributed by atoms with Gasteiger partial charge in [0, 0.05) is 5.54 Å². The first-order chi connectivity index (χ1) is 9.91. The molecule has 3 heteroatoms. The maximum Gasteiger partial charge on any atom is 0.241 e. The van der Waals surface area contributed by atoms with E-state index >= 15 is 0 Å². The predicted molar refractivity (Wildman–Crippen MR) is 85.8 cm³/mol. The molecular formula is C18H32N2O. The molecule has 2 unspecified atom stereocenters. The van der Waals surface area contributed by atoms with Gasteiger partial charge in [0.15, 0.2) is 0 Å². The largest absolute Gasteiger partial charge is 0.320 e. The first-order valence-electron chi connectivity index (χ1n) is 9.00. The van der Waals surface area contributed by atoms with Gasteiger partial charge in [-0.1, -0.05) is 26.7 Å². The molecule has 1 amide bonds. The summed E-state index contributed by atoms with van der Waals surface area (Å²) in [5.41, 5.74) is 0.0308. The van der Waals surface area contributed by atoms with E-state index in [-0.39, 0.29) is 11.6 Å². The minimum atomic E-state index is 0.0308.